The van der Waals surface area contributed by atoms with E-state index in [-0.39, 0.29) is 45.7 Å². The molecule has 4 rings (SSSR count). The van der Waals surface area contributed by atoms with Gasteiger partial charge in [-0.2, -0.15) is 8.42 Å². The van der Waals surface area contributed by atoms with Crippen molar-refractivity contribution in [3.05, 3.63) is 44.0 Å². The number of carbonyl (C=O) groups is 4. The number of anilines is 1. The lowest BCUT2D eigenvalue weighted by Crippen LogP contribution is -2.73. The number of amides is 4. The van der Waals surface area contributed by atoms with Gasteiger partial charge in [0.1, 0.15) is 21.6 Å². The van der Waals surface area contributed by atoms with Crippen LogP contribution in [0.25, 0.3) is 11.5 Å². The van der Waals surface area contributed by atoms with E-state index in [1.165, 1.54) is 12.3 Å². The zero-order valence-corrected chi connectivity index (χ0v) is 30.0. The number of nitrogens with two attached hydrogens (primary N) is 1. The van der Waals surface area contributed by atoms with Crippen LogP contribution in [0.1, 0.15) is 39.3 Å². The van der Waals surface area contributed by atoms with Crippen LogP contribution in [0, 0.1) is 0 Å². The third-order valence-corrected chi connectivity index (χ3v) is 10.1. The van der Waals surface area contributed by atoms with E-state index in [2.05, 4.69) is 25.5 Å². The highest BCUT2D eigenvalue weighted by Gasteiger charge is 2.50. The molecule has 0 saturated carbocycles. The summed E-state index contributed by atoms with van der Waals surface area (Å²) in [7, 11) is -8.57. The van der Waals surface area contributed by atoms with Gasteiger partial charge in [-0.25, -0.2) is 32.5 Å². The second-order valence-electron chi connectivity index (χ2n) is 11.8. The number of hydrogen-bond donors (Lipinski definition) is 6. The molecule has 0 aromatic carbocycles. The molecular formula is C26H32N10O13S3. The number of nitrogens with zero attached hydrogens (tertiary/aromatic N) is 6. The summed E-state index contributed by atoms with van der Waals surface area (Å²) < 4.78 is 51.8. The summed E-state index contributed by atoms with van der Waals surface area (Å²) in [6.45, 7) is 3.30. The second kappa shape index (κ2) is 14.5. The summed E-state index contributed by atoms with van der Waals surface area (Å²) >= 11 is 0.916. The summed E-state index contributed by atoms with van der Waals surface area (Å²) in [5.74, 6) is -4.96. The number of aromatic hydroxyl groups is 1. The predicted molar refractivity (Wildman–Crippen MR) is 180 cm³/mol. The van der Waals surface area contributed by atoms with Crippen molar-refractivity contribution in [2.24, 2.45) is 5.16 Å². The first-order chi connectivity index (χ1) is 24.0. The van der Waals surface area contributed by atoms with Crippen LogP contribution < -0.4 is 26.9 Å². The number of sulfone groups is 1. The number of aromatic amines is 1. The summed E-state index contributed by atoms with van der Waals surface area (Å²) in [4.78, 5) is 87.9. The molecule has 4 heterocycles. The normalized spacial score (nSPS) is 16.7. The standard InChI is InChI=1S/C26H32N10O13S3/c1-12-17(30-20(39)18(14-11-50-23(27)29-14)32-49-26(2,3)22(41)42)21(40)35(12)24(43)33-52(47,48)36-25(44)34(7-5-6-8-51(4,45)46)19(31-36)13-9-15(37)16(38)10-28-13/h9-12,17,38H,5-8H2,1-4H3,(H2,27,29)(H,28,37)(H,30,39)(H,33,43)(H,41,42)/b32-18-/t12-,17-/m0/s1. The van der Waals surface area contributed by atoms with Gasteiger partial charge in [0.2, 0.25) is 11.0 Å². The minimum Gasteiger partial charge on any atom is -0.503 e. The molecule has 26 heteroatoms. The Balaban J connectivity index is 1.55. The third-order valence-electron chi connectivity index (χ3n) is 7.32. The van der Waals surface area contributed by atoms with Crippen LogP contribution in [0.5, 0.6) is 5.75 Å². The average molecular weight is 789 g/mol. The molecule has 1 saturated heterocycles. The molecule has 3 aromatic heterocycles. The number of nitrogens with one attached hydrogen (secondary N) is 3. The van der Waals surface area contributed by atoms with Crippen LogP contribution >= 0.6 is 11.3 Å². The van der Waals surface area contributed by atoms with Crippen molar-refractivity contribution >= 4 is 66.0 Å². The van der Waals surface area contributed by atoms with Gasteiger partial charge >= 0.3 is 27.9 Å². The number of β-lactam (4-membered cyclic amide) rings is 1. The second-order valence-corrected chi connectivity index (χ2v) is 16.4. The number of urea groups is 1. The molecule has 3 aromatic rings. The van der Waals surface area contributed by atoms with Crippen molar-refractivity contribution in [1.29, 1.82) is 0 Å². The van der Waals surface area contributed by atoms with Crippen LogP contribution in [0.4, 0.5) is 9.93 Å². The van der Waals surface area contributed by atoms with E-state index >= 15 is 0 Å². The van der Waals surface area contributed by atoms with Crippen LogP contribution in [-0.2, 0) is 45.8 Å². The molecule has 0 unspecified atom stereocenters. The van der Waals surface area contributed by atoms with Crippen LogP contribution in [-0.4, -0.2) is 115 Å². The number of oxime groups is 1. The summed E-state index contributed by atoms with van der Waals surface area (Å²) in [6, 6.07) is -3.33. The Bertz CT molecular complexity index is 2310. The van der Waals surface area contributed by atoms with E-state index in [9.17, 15) is 55.8 Å². The minimum absolute atomic E-state index is 0.0181. The molecule has 1 aliphatic rings. The van der Waals surface area contributed by atoms with Crippen LogP contribution in [0.2, 0.25) is 0 Å². The molecule has 0 spiro atoms. The molecule has 0 bridgehead atoms. The summed E-state index contributed by atoms with van der Waals surface area (Å²) in [5, 5.41) is 29.9. The van der Waals surface area contributed by atoms with Gasteiger partial charge in [-0.05, 0) is 33.6 Å². The third kappa shape index (κ3) is 8.45. The first-order valence-electron chi connectivity index (χ1n) is 14.8. The van der Waals surface area contributed by atoms with Gasteiger partial charge < -0.3 is 31.1 Å². The number of nitrogen functional groups attached to an aromatic ring is 1. The lowest BCUT2D eigenvalue weighted by molar-refractivity contribution is -0.161. The highest BCUT2D eigenvalue weighted by molar-refractivity contribution is 7.90. The molecule has 0 radical (unpaired) electrons. The number of unbranched alkanes of at least 4 members (excludes halogenated alkanes) is 1. The molecule has 282 valence electrons. The number of H-pyrrole nitrogens is 1. The van der Waals surface area contributed by atoms with Crippen LogP contribution in [0.15, 0.2) is 32.4 Å². The van der Waals surface area contributed by atoms with Gasteiger partial charge in [0, 0.05) is 36.2 Å². The molecular weight excluding hydrogens is 757 g/mol. The Morgan fingerprint density at radius 2 is 1.85 bits per heavy atom. The fourth-order valence-electron chi connectivity index (χ4n) is 4.46. The quantitative estimate of drug-likeness (QED) is 0.0436. The fourth-order valence-corrected chi connectivity index (χ4v) is 6.64. The van der Waals surface area contributed by atoms with E-state index in [4.69, 9.17) is 10.6 Å². The minimum atomic E-state index is -5.20. The number of carboxylic acid groups (broad SMARTS) is 1. The lowest BCUT2D eigenvalue weighted by Gasteiger charge is -2.43. The Hall–Kier alpha value is -5.63. The van der Waals surface area contributed by atoms with Crippen LogP contribution in [0.3, 0.4) is 0 Å². The van der Waals surface area contributed by atoms with Crippen molar-refractivity contribution < 1.29 is 51.1 Å². The fraction of sp³-hybridized carbons (Fsp3) is 0.423. The number of imide groups is 1. The number of thiazole rings is 1. The predicted octanol–water partition coefficient (Wildman–Crippen LogP) is -2.23. The molecule has 1 aliphatic heterocycles. The van der Waals surface area contributed by atoms with Gasteiger partial charge in [-0.1, -0.05) is 9.24 Å². The highest BCUT2D eigenvalue weighted by atomic mass is 32.2. The zero-order valence-electron chi connectivity index (χ0n) is 27.6. The van der Waals surface area contributed by atoms with Gasteiger partial charge in [0.05, 0.1) is 11.7 Å². The van der Waals surface area contributed by atoms with E-state index < -0.39 is 90.0 Å². The molecule has 4 amide bonds. The van der Waals surface area contributed by atoms with E-state index in [0.29, 0.717) is 4.90 Å². The van der Waals surface area contributed by atoms with Gasteiger partial charge in [-0.3, -0.25) is 23.9 Å². The monoisotopic (exact) mass is 788 g/mol. The number of rotatable bonds is 14. The Morgan fingerprint density at radius 3 is 2.40 bits per heavy atom. The van der Waals surface area contributed by atoms with Gasteiger partial charge in [0.25, 0.3) is 11.8 Å². The maximum absolute atomic E-state index is 13.3. The number of carboxylic acids is 1. The smallest absolute Gasteiger partial charge is 0.362 e. The highest BCUT2D eigenvalue weighted by Crippen LogP contribution is 2.22. The average Bonchev–Trinajstić information content (AvgIpc) is 3.61. The topological polar surface area (TPSA) is 338 Å². The number of aromatic nitrogens is 5. The Morgan fingerprint density at radius 1 is 1.17 bits per heavy atom. The van der Waals surface area contributed by atoms with Crippen molar-refractivity contribution in [2.75, 3.05) is 17.7 Å². The van der Waals surface area contributed by atoms with Crippen molar-refractivity contribution in [1.82, 2.24) is 38.7 Å². The first kappa shape index (κ1) is 39.2. The largest absolute Gasteiger partial charge is 0.503 e. The number of likely N-dealkylation sites (tertiary alicyclic amines) is 1. The maximum Gasteiger partial charge on any atom is 0.362 e. The van der Waals surface area contributed by atoms with E-state index in [1.54, 1.807) is 4.72 Å². The molecule has 52 heavy (non-hydrogen) atoms. The van der Waals surface area contributed by atoms with Crippen molar-refractivity contribution in [3.63, 3.8) is 0 Å². The molecule has 0 aliphatic carbocycles. The zero-order chi connectivity index (χ0) is 38.9. The lowest BCUT2D eigenvalue weighted by atomic mass is 9.97. The molecule has 1 fully saturated rings. The number of aliphatic carboxylic acids is 1. The van der Waals surface area contributed by atoms with Gasteiger partial charge in [0.15, 0.2) is 22.4 Å². The number of pyridine rings is 1. The Kier molecular flexibility index (Phi) is 11.0. The SMILES string of the molecule is C[C@H]1[C@H](NC(=O)/C(=N\OC(C)(C)C(=O)O)c2csc(N)n2)C(=O)N1C(=O)NS(=O)(=O)n1nc(-c2cc(=O)c(O)c[nH]2)n(CCCCS(C)(=O)=O)c1=O. The number of hydrogen-bond acceptors (Lipinski definition) is 17. The van der Waals surface area contributed by atoms with Crippen molar-refractivity contribution in [2.45, 2.75) is 57.8 Å². The maximum atomic E-state index is 13.3. The van der Waals surface area contributed by atoms with Crippen molar-refractivity contribution in [3.8, 4) is 17.3 Å². The number of carbonyl (C=O) groups excluding carboxylic acids is 3. The summed E-state index contributed by atoms with van der Waals surface area (Å²) in [5.41, 5.74) is 0.602. The Labute approximate surface area is 297 Å². The molecule has 23 nitrogen and oxygen atoms in total. The summed E-state index contributed by atoms with van der Waals surface area (Å²) in [6.07, 6.45) is 1.97. The van der Waals surface area contributed by atoms with Gasteiger partial charge in [-0.15, -0.1) is 16.4 Å². The molecule has 7 N–H and O–H groups in total. The van der Waals surface area contributed by atoms with E-state index in [0.717, 1.165) is 48.3 Å². The van der Waals surface area contributed by atoms with E-state index in [1.807, 2.05) is 0 Å². The first-order valence-corrected chi connectivity index (χ1v) is 19.1. The molecule has 2 atom stereocenters.